The van der Waals surface area contributed by atoms with Crippen LogP contribution in [0.2, 0.25) is 0 Å². The van der Waals surface area contributed by atoms with Gasteiger partial charge in [0, 0.05) is 0 Å². The summed E-state index contributed by atoms with van der Waals surface area (Å²) in [7, 11) is 0. The maximum Gasteiger partial charge on any atom is 0.339 e. The monoisotopic (exact) mass is 243 g/mol. The molecule has 1 heterocycles. The molecule has 0 saturated carbocycles. The van der Waals surface area contributed by atoms with Crippen LogP contribution in [-0.4, -0.2) is 16.2 Å². The van der Waals surface area contributed by atoms with Crippen molar-refractivity contribution in [1.82, 2.24) is 0 Å². The molecule has 2 N–H and O–H groups in total. The maximum atomic E-state index is 10.9. The Balaban J connectivity index is 2.42. The third-order valence-electron chi connectivity index (χ3n) is 2.51. The second-order valence-corrected chi connectivity index (χ2v) is 3.64. The highest BCUT2D eigenvalue weighted by Crippen LogP contribution is 2.26. The average Bonchev–Trinajstić information content (AvgIpc) is 2.87. The van der Waals surface area contributed by atoms with E-state index < -0.39 is 12.1 Å². The first-order valence-corrected chi connectivity index (χ1v) is 5.12. The molecule has 0 fully saturated rings. The zero-order chi connectivity index (χ0) is 13.1. The van der Waals surface area contributed by atoms with Crippen molar-refractivity contribution in [2.45, 2.75) is 6.10 Å². The van der Waals surface area contributed by atoms with Crippen molar-refractivity contribution in [3.05, 3.63) is 59.0 Å². The van der Waals surface area contributed by atoms with Gasteiger partial charge in [0.2, 0.25) is 0 Å². The van der Waals surface area contributed by atoms with Gasteiger partial charge in [-0.3, -0.25) is 0 Å². The normalized spacial score (nSPS) is 11.8. The molecule has 90 valence electrons. The van der Waals surface area contributed by atoms with Crippen LogP contribution in [0.15, 0.2) is 41.0 Å². The predicted octanol–water partition coefficient (Wildman–Crippen LogP) is 1.93. The van der Waals surface area contributed by atoms with E-state index in [1.165, 1.54) is 18.4 Å². The number of carboxylic acid groups (broad SMARTS) is 1. The van der Waals surface area contributed by atoms with E-state index in [1.807, 2.05) is 6.07 Å². The van der Waals surface area contributed by atoms with E-state index >= 15 is 0 Å². The fourth-order valence-corrected chi connectivity index (χ4v) is 1.64. The fraction of sp³-hybridized carbons (Fsp3) is 0.0769. The van der Waals surface area contributed by atoms with Crippen molar-refractivity contribution in [1.29, 1.82) is 5.26 Å². The highest BCUT2D eigenvalue weighted by Gasteiger charge is 2.22. The van der Waals surface area contributed by atoms with Gasteiger partial charge in [0.15, 0.2) is 5.76 Å². The van der Waals surface area contributed by atoms with Crippen LogP contribution in [0.1, 0.15) is 33.3 Å². The molecule has 0 aliphatic rings. The highest BCUT2D eigenvalue weighted by atomic mass is 16.4. The van der Waals surface area contributed by atoms with Gasteiger partial charge in [-0.05, 0) is 23.8 Å². The number of aromatic carboxylic acids is 1. The summed E-state index contributed by atoms with van der Waals surface area (Å²) in [4.78, 5) is 10.9. The first kappa shape index (κ1) is 11.9. The minimum atomic E-state index is -1.21. The Labute approximate surface area is 103 Å². The first-order chi connectivity index (χ1) is 8.63. The molecule has 0 radical (unpaired) electrons. The van der Waals surface area contributed by atoms with Crippen LogP contribution in [-0.2, 0) is 0 Å². The molecule has 2 rings (SSSR count). The Morgan fingerprint density at radius 3 is 2.83 bits per heavy atom. The lowest BCUT2D eigenvalue weighted by molar-refractivity contribution is 0.0687. The molecule has 1 atom stereocenters. The van der Waals surface area contributed by atoms with Crippen LogP contribution in [0.4, 0.5) is 0 Å². The van der Waals surface area contributed by atoms with E-state index in [9.17, 15) is 9.90 Å². The Bertz CT molecular complexity index is 624. The molecular formula is C13H9NO4. The Morgan fingerprint density at radius 1 is 1.39 bits per heavy atom. The van der Waals surface area contributed by atoms with E-state index in [0.29, 0.717) is 11.1 Å². The molecule has 1 aromatic carbocycles. The number of rotatable bonds is 3. The molecule has 0 aliphatic carbocycles. The van der Waals surface area contributed by atoms with Crippen molar-refractivity contribution in [3.8, 4) is 6.07 Å². The SMILES string of the molecule is N#Cc1cccc(C(O)c2occc2C(=O)O)c1. The van der Waals surface area contributed by atoms with Gasteiger partial charge in [0.25, 0.3) is 0 Å². The first-order valence-electron chi connectivity index (χ1n) is 5.12. The molecular weight excluding hydrogens is 234 g/mol. The van der Waals surface area contributed by atoms with Gasteiger partial charge in [0.1, 0.15) is 11.7 Å². The number of nitriles is 1. The molecule has 0 spiro atoms. The lowest BCUT2D eigenvalue weighted by atomic mass is 10.0. The zero-order valence-electron chi connectivity index (χ0n) is 9.20. The third kappa shape index (κ3) is 2.10. The minimum Gasteiger partial charge on any atom is -0.478 e. The smallest absolute Gasteiger partial charge is 0.339 e. The van der Waals surface area contributed by atoms with Gasteiger partial charge in [-0.2, -0.15) is 5.26 Å². The van der Waals surface area contributed by atoms with Gasteiger partial charge < -0.3 is 14.6 Å². The van der Waals surface area contributed by atoms with Crippen LogP contribution < -0.4 is 0 Å². The van der Waals surface area contributed by atoms with Crippen LogP contribution in [0.25, 0.3) is 0 Å². The maximum absolute atomic E-state index is 10.9. The summed E-state index contributed by atoms with van der Waals surface area (Å²) in [6, 6.07) is 9.51. The third-order valence-corrected chi connectivity index (χ3v) is 2.51. The van der Waals surface area contributed by atoms with Crippen LogP contribution >= 0.6 is 0 Å². The van der Waals surface area contributed by atoms with E-state index in [-0.39, 0.29) is 11.3 Å². The summed E-state index contributed by atoms with van der Waals surface area (Å²) in [5, 5.41) is 27.8. The number of carbonyl (C=O) groups is 1. The van der Waals surface area contributed by atoms with Gasteiger partial charge in [-0.25, -0.2) is 4.79 Å². The minimum absolute atomic E-state index is 0.0439. The molecule has 0 amide bonds. The molecule has 2 aromatic rings. The molecule has 5 nitrogen and oxygen atoms in total. The second-order valence-electron chi connectivity index (χ2n) is 3.64. The number of carboxylic acids is 1. The molecule has 0 saturated heterocycles. The molecule has 1 aromatic heterocycles. The number of aliphatic hydroxyl groups excluding tert-OH is 1. The van der Waals surface area contributed by atoms with Gasteiger partial charge in [-0.1, -0.05) is 12.1 Å². The predicted molar refractivity (Wildman–Crippen MR) is 60.9 cm³/mol. The molecule has 0 aliphatic heterocycles. The number of hydrogen-bond donors (Lipinski definition) is 2. The van der Waals surface area contributed by atoms with E-state index in [4.69, 9.17) is 14.8 Å². The van der Waals surface area contributed by atoms with E-state index in [2.05, 4.69) is 0 Å². The van der Waals surface area contributed by atoms with Crippen LogP contribution in [0.3, 0.4) is 0 Å². The van der Waals surface area contributed by atoms with E-state index in [1.54, 1.807) is 18.2 Å². The van der Waals surface area contributed by atoms with Crippen LogP contribution in [0.5, 0.6) is 0 Å². The number of hydrogen-bond acceptors (Lipinski definition) is 4. The van der Waals surface area contributed by atoms with Crippen molar-refractivity contribution < 1.29 is 19.4 Å². The van der Waals surface area contributed by atoms with E-state index in [0.717, 1.165) is 0 Å². The van der Waals surface area contributed by atoms with Gasteiger partial charge in [0.05, 0.1) is 17.9 Å². The Morgan fingerprint density at radius 2 is 2.17 bits per heavy atom. The number of aliphatic hydroxyl groups is 1. The van der Waals surface area contributed by atoms with Gasteiger partial charge in [-0.15, -0.1) is 0 Å². The topological polar surface area (TPSA) is 94.5 Å². The van der Waals surface area contributed by atoms with Crippen molar-refractivity contribution in [2.24, 2.45) is 0 Å². The summed E-state index contributed by atoms with van der Waals surface area (Å²) in [6.07, 6.45) is -0.00437. The fourth-order valence-electron chi connectivity index (χ4n) is 1.64. The number of benzene rings is 1. The number of furan rings is 1. The van der Waals surface area contributed by atoms with Crippen molar-refractivity contribution in [3.63, 3.8) is 0 Å². The quantitative estimate of drug-likeness (QED) is 0.858. The zero-order valence-corrected chi connectivity index (χ0v) is 9.20. The van der Waals surface area contributed by atoms with Crippen LogP contribution in [0, 0.1) is 11.3 Å². The number of nitrogens with zero attached hydrogens (tertiary/aromatic N) is 1. The Kier molecular flexibility index (Phi) is 3.13. The lowest BCUT2D eigenvalue weighted by Gasteiger charge is -2.09. The summed E-state index contributed by atoms with van der Waals surface area (Å²) in [5.41, 5.74) is 0.700. The average molecular weight is 243 g/mol. The van der Waals surface area contributed by atoms with Crippen molar-refractivity contribution in [2.75, 3.05) is 0 Å². The molecule has 0 bridgehead atoms. The largest absolute Gasteiger partial charge is 0.478 e. The Hall–Kier alpha value is -2.58. The summed E-state index contributed by atoms with van der Waals surface area (Å²) in [5.74, 6) is -1.22. The second kappa shape index (κ2) is 4.73. The van der Waals surface area contributed by atoms with Crippen molar-refractivity contribution >= 4 is 5.97 Å². The molecule has 5 heteroatoms. The molecule has 18 heavy (non-hydrogen) atoms. The standard InChI is InChI=1S/C13H9NO4/c14-7-8-2-1-3-9(6-8)11(15)12-10(13(16)17)4-5-18-12/h1-6,11,15H,(H,16,17). The lowest BCUT2D eigenvalue weighted by Crippen LogP contribution is -2.05. The highest BCUT2D eigenvalue weighted by molar-refractivity contribution is 5.88. The summed E-state index contributed by atoms with van der Waals surface area (Å²) < 4.78 is 5.00. The summed E-state index contributed by atoms with van der Waals surface area (Å²) in [6.45, 7) is 0. The molecule has 1 unspecified atom stereocenters. The summed E-state index contributed by atoms with van der Waals surface area (Å²) >= 11 is 0. The van der Waals surface area contributed by atoms with Gasteiger partial charge >= 0.3 is 5.97 Å².